The van der Waals surface area contributed by atoms with Crippen molar-refractivity contribution >= 4 is 11.8 Å². The fourth-order valence-electron chi connectivity index (χ4n) is 2.07. The van der Waals surface area contributed by atoms with Crippen molar-refractivity contribution in [1.29, 1.82) is 0 Å². The highest BCUT2D eigenvalue weighted by Gasteiger charge is 2.00. The van der Waals surface area contributed by atoms with E-state index in [1.807, 2.05) is 40.8 Å². The molecule has 2 rings (SSSR count). The second kappa shape index (κ2) is 8.82. The Morgan fingerprint density at radius 1 is 1.10 bits per heavy atom. The second-order valence-electron chi connectivity index (χ2n) is 4.82. The first-order valence-electron chi connectivity index (χ1n) is 7.20. The second-order valence-corrected chi connectivity index (χ2v) is 5.80. The molecule has 0 radical (unpaired) electrons. The number of nitrogens with zero attached hydrogens (tertiary/aromatic N) is 2. The molecular weight excluding hydrogens is 266 g/mol. The Labute approximate surface area is 125 Å². The van der Waals surface area contributed by atoms with Crippen molar-refractivity contribution in [3.05, 3.63) is 48.3 Å². The van der Waals surface area contributed by atoms with Crippen LogP contribution in [0.2, 0.25) is 0 Å². The van der Waals surface area contributed by atoms with Gasteiger partial charge in [0.25, 0.3) is 0 Å². The standard InChI is InChI=1S/C16H23N3S/c1-20-13-7-3-6-11-17-14-15-10-12-19(18-15)16-8-4-2-5-9-16/h2,4-5,8-10,12,17H,3,6-7,11,13-14H2,1H3. The van der Waals surface area contributed by atoms with Crippen molar-refractivity contribution in [2.24, 2.45) is 0 Å². The van der Waals surface area contributed by atoms with Crippen LogP contribution in [-0.4, -0.2) is 28.3 Å². The van der Waals surface area contributed by atoms with E-state index in [4.69, 9.17) is 0 Å². The third-order valence-corrected chi connectivity index (χ3v) is 3.87. The Kier molecular flexibility index (Phi) is 6.68. The molecule has 4 heteroatoms. The molecular formula is C16H23N3S. The summed E-state index contributed by atoms with van der Waals surface area (Å²) in [5.74, 6) is 1.28. The van der Waals surface area contributed by atoms with E-state index in [0.717, 1.165) is 24.5 Å². The molecule has 3 nitrogen and oxygen atoms in total. The molecule has 0 unspecified atom stereocenters. The van der Waals surface area contributed by atoms with Gasteiger partial charge in [-0.2, -0.15) is 16.9 Å². The number of hydrogen-bond acceptors (Lipinski definition) is 3. The van der Waals surface area contributed by atoms with E-state index in [1.54, 1.807) is 0 Å². The summed E-state index contributed by atoms with van der Waals surface area (Å²) in [5.41, 5.74) is 2.20. The zero-order chi connectivity index (χ0) is 14.0. The van der Waals surface area contributed by atoms with Gasteiger partial charge in [0.2, 0.25) is 0 Å². The van der Waals surface area contributed by atoms with Gasteiger partial charge in [-0.1, -0.05) is 24.6 Å². The smallest absolute Gasteiger partial charge is 0.0766 e. The molecule has 20 heavy (non-hydrogen) atoms. The summed E-state index contributed by atoms with van der Waals surface area (Å²) in [6, 6.07) is 12.3. The van der Waals surface area contributed by atoms with Crippen LogP contribution in [0.25, 0.3) is 5.69 Å². The maximum atomic E-state index is 4.58. The zero-order valence-corrected chi connectivity index (χ0v) is 12.9. The van der Waals surface area contributed by atoms with Gasteiger partial charge in [-0.05, 0) is 49.6 Å². The largest absolute Gasteiger partial charge is 0.311 e. The molecule has 0 atom stereocenters. The number of unbranched alkanes of at least 4 members (excludes halogenated alkanes) is 2. The quantitative estimate of drug-likeness (QED) is 0.717. The maximum Gasteiger partial charge on any atom is 0.0766 e. The van der Waals surface area contributed by atoms with Gasteiger partial charge < -0.3 is 5.32 Å². The number of thioether (sulfide) groups is 1. The predicted octanol–water partition coefficient (Wildman–Crippen LogP) is 3.50. The maximum absolute atomic E-state index is 4.58. The first-order chi connectivity index (χ1) is 9.90. The van der Waals surface area contributed by atoms with Crippen LogP contribution in [-0.2, 0) is 6.54 Å². The molecule has 0 amide bonds. The number of benzene rings is 1. The van der Waals surface area contributed by atoms with E-state index < -0.39 is 0 Å². The van der Waals surface area contributed by atoms with Crippen molar-refractivity contribution in [3.8, 4) is 5.69 Å². The highest BCUT2D eigenvalue weighted by molar-refractivity contribution is 7.98. The lowest BCUT2D eigenvalue weighted by Gasteiger charge is -2.03. The molecule has 0 fully saturated rings. The summed E-state index contributed by atoms with van der Waals surface area (Å²) in [4.78, 5) is 0. The van der Waals surface area contributed by atoms with Gasteiger partial charge in [-0.3, -0.25) is 0 Å². The first kappa shape index (κ1) is 15.1. The van der Waals surface area contributed by atoms with E-state index >= 15 is 0 Å². The number of para-hydroxylation sites is 1. The molecule has 1 aromatic carbocycles. The van der Waals surface area contributed by atoms with Gasteiger partial charge >= 0.3 is 0 Å². The van der Waals surface area contributed by atoms with Crippen molar-refractivity contribution in [2.45, 2.75) is 25.8 Å². The average molecular weight is 289 g/mol. The number of aromatic nitrogens is 2. The Balaban J connectivity index is 1.69. The molecule has 0 aliphatic rings. The Morgan fingerprint density at radius 3 is 2.75 bits per heavy atom. The average Bonchev–Trinajstić information content (AvgIpc) is 2.96. The minimum Gasteiger partial charge on any atom is -0.311 e. The van der Waals surface area contributed by atoms with Crippen molar-refractivity contribution in [1.82, 2.24) is 15.1 Å². The number of rotatable bonds is 9. The topological polar surface area (TPSA) is 29.9 Å². The van der Waals surface area contributed by atoms with Crippen LogP contribution in [0.15, 0.2) is 42.6 Å². The fraction of sp³-hybridized carbons (Fsp3) is 0.438. The monoisotopic (exact) mass is 289 g/mol. The van der Waals surface area contributed by atoms with Crippen molar-refractivity contribution in [3.63, 3.8) is 0 Å². The van der Waals surface area contributed by atoms with Crippen LogP contribution in [0, 0.1) is 0 Å². The van der Waals surface area contributed by atoms with E-state index in [2.05, 4.69) is 34.9 Å². The zero-order valence-electron chi connectivity index (χ0n) is 12.1. The highest BCUT2D eigenvalue weighted by atomic mass is 32.2. The molecule has 1 aromatic heterocycles. The van der Waals surface area contributed by atoms with Crippen LogP contribution in [0.3, 0.4) is 0 Å². The first-order valence-corrected chi connectivity index (χ1v) is 8.59. The molecule has 108 valence electrons. The highest BCUT2D eigenvalue weighted by Crippen LogP contribution is 2.06. The third-order valence-electron chi connectivity index (χ3n) is 3.17. The molecule has 0 aliphatic carbocycles. The summed E-state index contributed by atoms with van der Waals surface area (Å²) in [6.07, 6.45) is 8.07. The normalized spacial score (nSPS) is 10.8. The van der Waals surface area contributed by atoms with E-state index in [0.29, 0.717) is 0 Å². The van der Waals surface area contributed by atoms with Gasteiger partial charge in [0, 0.05) is 12.7 Å². The number of nitrogens with one attached hydrogen (secondary N) is 1. The van der Waals surface area contributed by atoms with Crippen LogP contribution in [0.1, 0.15) is 25.0 Å². The van der Waals surface area contributed by atoms with Crippen molar-refractivity contribution in [2.75, 3.05) is 18.6 Å². The van der Waals surface area contributed by atoms with Gasteiger partial charge in [-0.25, -0.2) is 4.68 Å². The summed E-state index contributed by atoms with van der Waals surface area (Å²) in [5, 5.41) is 8.04. The van der Waals surface area contributed by atoms with Crippen LogP contribution in [0.5, 0.6) is 0 Å². The van der Waals surface area contributed by atoms with Gasteiger partial charge in [0.15, 0.2) is 0 Å². The lowest BCUT2D eigenvalue weighted by atomic mass is 10.2. The molecule has 0 bridgehead atoms. The predicted molar refractivity (Wildman–Crippen MR) is 87.5 cm³/mol. The van der Waals surface area contributed by atoms with E-state index in [-0.39, 0.29) is 0 Å². The van der Waals surface area contributed by atoms with E-state index in [1.165, 1.54) is 25.0 Å². The molecule has 2 aromatic rings. The minimum absolute atomic E-state index is 0.850. The minimum atomic E-state index is 0.850. The lowest BCUT2D eigenvalue weighted by Crippen LogP contribution is -2.15. The molecule has 0 saturated heterocycles. The number of hydrogen-bond donors (Lipinski definition) is 1. The van der Waals surface area contributed by atoms with Crippen molar-refractivity contribution < 1.29 is 0 Å². The summed E-state index contributed by atoms with van der Waals surface area (Å²) < 4.78 is 1.93. The summed E-state index contributed by atoms with van der Waals surface area (Å²) >= 11 is 1.93. The third kappa shape index (κ3) is 5.02. The Morgan fingerprint density at radius 2 is 1.95 bits per heavy atom. The molecule has 0 aliphatic heterocycles. The summed E-state index contributed by atoms with van der Waals surface area (Å²) in [7, 11) is 0. The van der Waals surface area contributed by atoms with Crippen LogP contribution < -0.4 is 5.32 Å². The van der Waals surface area contributed by atoms with Gasteiger partial charge in [0.05, 0.1) is 11.4 Å². The molecule has 0 spiro atoms. The SMILES string of the molecule is CSCCCCCNCc1ccn(-c2ccccc2)n1. The molecule has 1 heterocycles. The Hall–Kier alpha value is -1.26. The molecule has 0 saturated carbocycles. The van der Waals surface area contributed by atoms with Gasteiger partial charge in [-0.15, -0.1) is 0 Å². The molecule has 1 N–H and O–H groups in total. The fourth-order valence-corrected chi connectivity index (χ4v) is 2.56. The summed E-state index contributed by atoms with van der Waals surface area (Å²) in [6.45, 7) is 1.93. The van der Waals surface area contributed by atoms with Crippen LogP contribution in [0.4, 0.5) is 0 Å². The Bertz CT molecular complexity index is 481. The van der Waals surface area contributed by atoms with Crippen LogP contribution >= 0.6 is 11.8 Å². The lowest BCUT2D eigenvalue weighted by molar-refractivity contribution is 0.609. The van der Waals surface area contributed by atoms with E-state index in [9.17, 15) is 0 Å². The van der Waals surface area contributed by atoms with Gasteiger partial charge in [0.1, 0.15) is 0 Å².